The summed E-state index contributed by atoms with van der Waals surface area (Å²) in [4.78, 5) is 2.61. The van der Waals surface area contributed by atoms with Crippen molar-refractivity contribution in [1.29, 1.82) is 0 Å². The number of hydrazone groups is 1. The van der Waals surface area contributed by atoms with E-state index in [1.54, 1.807) is 0 Å². The Morgan fingerprint density at radius 2 is 1.35 bits per heavy atom. The first-order chi connectivity index (χ1) is 16.7. The number of aromatic nitrogens is 2. The minimum absolute atomic E-state index is 0.340. The monoisotopic (exact) mass is 447 g/mol. The summed E-state index contributed by atoms with van der Waals surface area (Å²) in [6.45, 7) is 7.99. The van der Waals surface area contributed by atoms with E-state index in [0.717, 1.165) is 48.8 Å². The number of para-hydroxylation sites is 1. The lowest BCUT2D eigenvalue weighted by molar-refractivity contribution is 0.114. The third-order valence-electron chi connectivity index (χ3n) is 7.15. The molecule has 0 amide bonds. The first-order valence-corrected chi connectivity index (χ1v) is 12.0. The Morgan fingerprint density at radius 3 is 2.00 bits per heavy atom. The van der Waals surface area contributed by atoms with E-state index in [1.807, 2.05) is 29.1 Å². The summed E-state index contributed by atoms with van der Waals surface area (Å²) < 4.78 is 2.00. The molecule has 0 bridgehead atoms. The number of hydrogen-bond acceptors (Lipinski definition) is 4. The van der Waals surface area contributed by atoms with Crippen LogP contribution in [0.5, 0.6) is 0 Å². The van der Waals surface area contributed by atoms with E-state index in [9.17, 15) is 0 Å². The van der Waals surface area contributed by atoms with Gasteiger partial charge in [0.05, 0.1) is 29.3 Å². The topological polar surface area (TPSA) is 36.7 Å². The van der Waals surface area contributed by atoms with Crippen molar-refractivity contribution in [2.75, 3.05) is 26.2 Å². The second kappa shape index (κ2) is 8.58. The highest BCUT2D eigenvalue weighted by Gasteiger charge is 2.33. The van der Waals surface area contributed by atoms with Crippen molar-refractivity contribution in [3.8, 4) is 16.8 Å². The normalized spacial score (nSPS) is 16.2. The lowest BCUT2D eigenvalue weighted by Gasteiger charge is -2.37. The molecule has 0 atom stereocenters. The number of piperazine rings is 1. The van der Waals surface area contributed by atoms with Gasteiger partial charge in [0.2, 0.25) is 0 Å². The summed E-state index contributed by atoms with van der Waals surface area (Å²) in [5.41, 5.74) is 9.92. The molecule has 0 spiro atoms. The van der Waals surface area contributed by atoms with Gasteiger partial charge in [0.25, 0.3) is 0 Å². The van der Waals surface area contributed by atoms with Gasteiger partial charge in [-0.25, -0.2) is 4.68 Å². The van der Waals surface area contributed by atoms with E-state index in [4.69, 9.17) is 10.2 Å². The first-order valence-electron chi connectivity index (χ1n) is 12.0. The maximum atomic E-state index is 4.86. The SMILES string of the molecule is Cc1nn(-c2ccccc2)c(C)c1/C=N\N1CCN(C2c3ccccc3-c3ccccc32)CC1. The first kappa shape index (κ1) is 20.9. The zero-order chi connectivity index (χ0) is 23.1. The van der Waals surface area contributed by atoms with Crippen molar-refractivity contribution in [2.45, 2.75) is 19.9 Å². The Balaban J connectivity index is 1.18. The lowest BCUT2D eigenvalue weighted by Crippen LogP contribution is -2.45. The molecule has 0 N–H and O–H groups in total. The predicted molar refractivity (Wildman–Crippen MR) is 137 cm³/mol. The smallest absolute Gasteiger partial charge is 0.0689 e. The summed E-state index contributed by atoms with van der Waals surface area (Å²) in [7, 11) is 0. The van der Waals surface area contributed by atoms with E-state index >= 15 is 0 Å². The number of rotatable bonds is 4. The van der Waals surface area contributed by atoms with Gasteiger partial charge in [-0.2, -0.15) is 10.2 Å². The Labute approximate surface area is 201 Å². The van der Waals surface area contributed by atoms with Gasteiger partial charge in [-0.1, -0.05) is 66.7 Å². The van der Waals surface area contributed by atoms with Crippen LogP contribution < -0.4 is 0 Å². The summed E-state index contributed by atoms with van der Waals surface area (Å²) in [6.07, 6.45) is 1.99. The second-order valence-electron chi connectivity index (χ2n) is 9.14. The van der Waals surface area contributed by atoms with Crippen LogP contribution in [0.25, 0.3) is 16.8 Å². The highest BCUT2D eigenvalue weighted by atomic mass is 15.5. The van der Waals surface area contributed by atoms with Gasteiger partial charge in [-0.05, 0) is 48.2 Å². The van der Waals surface area contributed by atoms with Crippen LogP contribution in [0.15, 0.2) is 84.0 Å². The molecular weight excluding hydrogens is 418 g/mol. The molecule has 1 saturated heterocycles. The summed E-state index contributed by atoms with van der Waals surface area (Å²) in [5, 5.41) is 11.8. The standard InChI is InChI=1S/C29H29N5/c1-21-28(22(2)34(31-21)23-10-4-3-5-11-23)20-30-33-18-16-32(17-19-33)29-26-14-8-6-12-24(26)25-13-7-9-15-27(25)29/h3-15,20,29H,16-19H2,1-2H3/b30-20-. The van der Waals surface area contributed by atoms with Gasteiger partial charge < -0.3 is 0 Å². The van der Waals surface area contributed by atoms with Crippen LogP contribution in [0.4, 0.5) is 0 Å². The fourth-order valence-corrected chi connectivity index (χ4v) is 5.41. The zero-order valence-corrected chi connectivity index (χ0v) is 19.7. The minimum atomic E-state index is 0.340. The molecule has 1 aliphatic carbocycles. The molecular formula is C29H29N5. The average molecular weight is 448 g/mol. The van der Waals surface area contributed by atoms with Gasteiger partial charge in [-0.15, -0.1) is 0 Å². The molecule has 3 aromatic carbocycles. The molecule has 1 aliphatic heterocycles. The van der Waals surface area contributed by atoms with Crippen molar-refractivity contribution in [3.63, 3.8) is 0 Å². The molecule has 2 aliphatic rings. The second-order valence-corrected chi connectivity index (χ2v) is 9.14. The Kier molecular flexibility index (Phi) is 5.27. The highest BCUT2D eigenvalue weighted by Crippen LogP contribution is 2.46. The molecule has 2 heterocycles. The zero-order valence-electron chi connectivity index (χ0n) is 19.7. The Morgan fingerprint density at radius 1 is 0.765 bits per heavy atom. The van der Waals surface area contributed by atoms with Crippen molar-refractivity contribution < 1.29 is 0 Å². The maximum absolute atomic E-state index is 4.86. The van der Waals surface area contributed by atoms with Gasteiger partial charge in [-0.3, -0.25) is 9.91 Å². The van der Waals surface area contributed by atoms with E-state index in [2.05, 4.69) is 84.4 Å². The van der Waals surface area contributed by atoms with Crippen molar-refractivity contribution >= 4 is 6.21 Å². The number of hydrogen-bond donors (Lipinski definition) is 0. The Hall–Kier alpha value is -3.70. The lowest BCUT2D eigenvalue weighted by atomic mass is 10.0. The fraction of sp³-hybridized carbons (Fsp3) is 0.241. The fourth-order valence-electron chi connectivity index (χ4n) is 5.41. The van der Waals surface area contributed by atoms with E-state index < -0.39 is 0 Å². The van der Waals surface area contributed by atoms with E-state index in [0.29, 0.717) is 6.04 Å². The highest BCUT2D eigenvalue weighted by molar-refractivity contribution is 5.82. The molecule has 34 heavy (non-hydrogen) atoms. The molecule has 170 valence electrons. The molecule has 0 saturated carbocycles. The van der Waals surface area contributed by atoms with Crippen LogP contribution in [0.2, 0.25) is 0 Å². The number of benzene rings is 3. The van der Waals surface area contributed by atoms with Gasteiger partial charge >= 0.3 is 0 Å². The van der Waals surface area contributed by atoms with Gasteiger partial charge in [0, 0.05) is 31.7 Å². The largest absolute Gasteiger partial charge is 0.294 e. The average Bonchev–Trinajstić information content (AvgIpc) is 3.37. The number of aryl methyl sites for hydroxylation is 1. The van der Waals surface area contributed by atoms with Crippen LogP contribution in [0.3, 0.4) is 0 Å². The van der Waals surface area contributed by atoms with Gasteiger partial charge in [0.1, 0.15) is 0 Å². The van der Waals surface area contributed by atoms with Crippen molar-refractivity contribution in [1.82, 2.24) is 19.7 Å². The van der Waals surface area contributed by atoms with Crippen LogP contribution >= 0.6 is 0 Å². The molecule has 1 fully saturated rings. The van der Waals surface area contributed by atoms with Crippen LogP contribution in [0.1, 0.15) is 34.1 Å². The molecule has 5 heteroatoms. The van der Waals surface area contributed by atoms with E-state index in [-0.39, 0.29) is 0 Å². The summed E-state index contributed by atoms with van der Waals surface area (Å²) in [5.74, 6) is 0. The molecule has 6 rings (SSSR count). The summed E-state index contributed by atoms with van der Waals surface area (Å²) >= 11 is 0. The molecule has 4 aromatic rings. The number of nitrogens with zero attached hydrogens (tertiary/aromatic N) is 5. The van der Waals surface area contributed by atoms with Crippen LogP contribution in [0, 0.1) is 13.8 Å². The van der Waals surface area contributed by atoms with Crippen molar-refractivity contribution in [2.24, 2.45) is 5.10 Å². The predicted octanol–water partition coefficient (Wildman–Crippen LogP) is 5.21. The summed E-state index contributed by atoms with van der Waals surface area (Å²) in [6, 6.07) is 28.3. The van der Waals surface area contributed by atoms with Crippen LogP contribution in [-0.2, 0) is 0 Å². The maximum Gasteiger partial charge on any atom is 0.0689 e. The Bertz CT molecular complexity index is 1300. The molecule has 1 aromatic heterocycles. The molecule has 0 unspecified atom stereocenters. The van der Waals surface area contributed by atoms with E-state index in [1.165, 1.54) is 22.3 Å². The van der Waals surface area contributed by atoms with Crippen molar-refractivity contribution in [3.05, 3.63) is 107 Å². The quantitative estimate of drug-likeness (QED) is 0.403. The minimum Gasteiger partial charge on any atom is -0.294 e. The third-order valence-corrected chi connectivity index (χ3v) is 7.15. The van der Waals surface area contributed by atoms with Crippen LogP contribution in [-0.4, -0.2) is 52.1 Å². The molecule has 0 radical (unpaired) electrons. The number of fused-ring (bicyclic) bond motifs is 3. The van der Waals surface area contributed by atoms with Gasteiger partial charge in [0.15, 0.2) is 0 Å². The molecule has 5 nitrogen and oxygen atoms in total. The third kappa shape index (κ3) is 3.53.